The zero-order chi connectivity index (χ0) is 12.8. The van der Waals surface area contributed by atoms with E-state index in [0.717, 1.165) is 18.2 Å². The Morgan fingerprint density at radius 1 is 1.59 bits per heavy atom. The van der Waals surface area contributed by atoms with Crippen LogP contribution in [0.3, 0.4) is 0 Å². The number of benzene rings is 1. The molecule has 0 fully saturated rings. The van der Waals surface area contributed by atoms with E-state index in [-0.39, 0.29) is 23.6 Å². The molecule has 6 heteroatoms. The monoisotopic (exact) mass is 237 g/mol. The van der Waals surface area contributed by atoms with E-state index in [1.165, 1.54) is 0 Å². The lowest BCUT2D eigenvalue weighted by atomic mass is 10.2. The highest BCUT2D eigenvalue weighted by molar-refractivity contribution is 5.91. The molecule has 1 rings (SSSR count). The molecule has 1 aromatic carbocycles. The highest BCUT2D eigenvalue weighted by Crippen LogP contribution is 2.25. The van der Waals surface area contributed by atoms with Crippen LogP contribution in [-0.4, -0.2) is 22.6 Å². The third-order valence-corrected chi connectivity index (χ3v) is 1.99. The van der Waals surface area contributed by atoms with Crippen LogP contribution in [0.15, 0.2) is 30.9 Å². The van der Waals surface area contributed by atoms with Crippen molar-refractivity contribution in [3.05, 3.63) is 46.5 Å². The number of carbonyl (C=O) groups is 1. The van der Waals surface area contributed by atoms with Crippen LogP contribution in [0.1, 0.15) is 16.8 Å². The fourth-order valence-electron chi connectivity index (χ4n) is 1.17. The van der Waals surface area contributed by atoms with Gasteiger partial charge in [0.05, 0.1) is 17.6 Å². The first-order chi connectivity index (χ1) is 8.06. The van der Waals surface area contributed by atoms with Crippen LogP contribution in [0.25, 0.3) is 0 Å². The second kappa shape index (κ2) is 5.64. The molecule has 0 unspecified atom stereocenters. The van der Waals surface area contributed by atoms with Crippen LogP contribution < -0.4 is 4.74 Å². The quantitative estimate of drug-likeness (QED) is 0.354. The molecule has 0 heterocycles. The second-order valence-corrected chi connectivity index (χ2v) is 3.17. The lowest BCUT2D eigenvalue weighted by Crippen LogP contribution is -2.04. The molecule has 1 N–H and O–H groups in total. The van der Waals surface area contributed by atoms with Crippen molar-refractivity contribution in [2.45, 2.75) is 6.42 Å². The lowest BCUT2D eigenvalue weighted by Gasteiger charge is -2.07. The Bertz CT molecular complexity index is 455. The van der Waals surface area contributed by atoms with Crippen molar-refractivity contribution in [1.29, 1.82) is 0 Å². The van der Waals surface area contributed by atoms with Crippen LogP contribution in [0.5, 0.6) is 5.75 Å². The Labute approximate surface area is 97.3 Å². The molecule has 0 saturated carbocycles. The maximum atomic E-state index is 10.9. The summed E-state index contributed by atoms with van der Waals surface area (Å²) < 4.78 is 5.17. The summed E-state index contributed by atoms with van der Waals surface area (Å²) in [5, 5.41) is 19.4. The topological polar surface area (TPSA) is 89.7 Å². The molecule has 0 atom stereocenters. The van der Waals surface area contributed by atoms with Crippen molar-refractivity contribution in [3.8, 4) is 5.75 Å². The maximum absolute atomic E-state index is 10.9. The van der Waals surface area contributed by atoms with Crippen LogP contribution in [0.4, 0.5) is 5.69 Å². The Kier molecular flexibility index (Phi) is 4.21. The molecule has 1 aromatic rings. The van der Waals surface area contributed by atoms with Crippen LogP contribution in [0.2, 0.25) is 0 Å². The molecule has 0 radical (unpaired) electrons. The van der Waals surface area contributed by atoms with Gasteiger partial charge < -0.3 is 9.84 Å². The van der Waals surface area contributed by atoms with Crippen molar-refractivity contribution >= 4 is 11.7 Å². The standard InChI is InChI=1S/C11H11NO5/c1-2-3-6-17-10-7-8(12(15)16)4-5-9(10)11(13)14/h2,4-5,7H,1,3,6H2,(H,13,14). The number of nitro groups is 1. The van der Waals surface area contributed by atoms with Crippen molar-refractivity contribution in [2.24, 2.45) is 0 Å². The van der Waals surface area contributed by atoms with E-state index >= 15 is 0 Å². The molecule has 17 heavy (non-hydrogen) atoms. The van der Waals surface area contributed by atoms with Crippen molar-refractivity contribution in [3.63, 3.8) is 0 Å². The number of hydrogen-bond donors (Lipinski definition) is 1. The fourth-order valence-corrected chi connectivity index (χ4v) is 1.17. The van der Waals surface area contributed by atoms with E-state index in [0.29, 0.717) is 6.42 Å². The number of nitrogens with zero attached hydrogens (tertiary/aromatic N) is 1. The summed E-state index contributed by atoms with van der Waals surface area (Å²) in [6, 6.07) is 3.39. The number of aromatic carboxylic acids is 1. The van der Waals surface area contributed by atoms with Gasteiger partial charge in [0.1, 0.15) is 11.3 Å². The average molecular weight is 237 g/mol. The molecular weight excluding hydrogens is 226 g/mol. The van der Waals surface area contributed by atoms with Gasteiger partial charge in [-0.3, -0.25) is 10.1 Å². The summed E-state index contributed by atoms with van der Waals surface area (Å²) in [6.45, 7) is 3.72. The number of hydrogen-bond acceptors (Lipinski definition) is 4. The molecule has 90 valence electrons. The van der Waals surface area contributed by atoms with E-state index in [9.17, 15) is 14.9 Å². The molecule has 0 spiro atoms. The number of carboxylic acid groups (broad SMARTS) is 1. The SMILES string of the molecule is C=CCCOc1cc([N+](=O)[O-])ccc1C(=O)O. The number of rotatable bonds is 6. The second-order valence-electron chi connectivity index (χ2n) is 3.17. The van der Waals surface area contributed by atoms with Crippen LogP contribution >= 0.6 is 0 Å². The average Bonchev–Trinajstić information content (AvgIpc) is 2.28. The zero-order valence-corrected chi connectivity index (χ0v) is 8.96. The molecule has 0 aromatic heterocycles. The van der Waals surface area contributed by atoms with Crippen molar-refractivity contribution in [2.75, 3.05) is 6.61 Å². The molecule has 0 amide bonds. The largest absolute Gasteiger partial charge is 0.492 e. The number of ether oxygens (including phenoxy) is 1. The summed E-state index contributed by atoms with van der Waals surface area (Å²) in [5.74, 6) is -1.19. The number of non-ortho nitro benzene ring substituents is 1. The first-order valence-electron chi connectivity index (χ1n) is 4.81. The van der Waals surface area contributed by atoms with Crippen LogP contribution in [0, 0.1) is 10.1 Å². The molecule has 0 bridgehead atoms. The van der Waals surface area contributed by atoms with Gasteiger partial charge in [-0.05, 0) is 12.5 Å². The van der Waals surface area contributed by atoms with E-state index in [4.69, 9.17) is 9.84 Å². The minimum atomic E-state index is -1.19. The fraction of sp³-hybridized carbons (Fsp3) is 0.182. The first kappa shape index (κ1) is 12.7. The Morgan fingerprint density at radius 2 is 2.29 bits per heavy atom. The van der Waals surface area contributed by atoms with Gasteiger partial charge in [-0.1, -0.05) is 6.08 Å². The van der Waals surface area contributed by atoms with Gasteiger partial charge in [0.2, 0.25) is 0 Å². The Hall–Kier alpha value is -2.37. The Morgan fingerprint density at radius 3 is 2.82 bits per heavy atom. The minimum absolute atomic E-state index is 0.00597. The summed E-state index contributed by atoms with van der Waals surface area (Å²) in [5.41, 5.74) is -0.303. The maximum Gasteiger partial charge on any atom is 0.339 e. The van der Waals surface area contributed by atoms with Gasteiger partial charge in [-0.15, -0.1) is 6.58 Å². The van der Waals surface area contributed by atoms with Gasteiger partial charge in [0, 0.05) is 6.07 Å². The summed E-state index contributed by atoms with van der Waals surface area (Å²) in [6.07, 6.45) is 2.14. The van der Waals surface area contributed by atoms with E-state index in [2.05, 4.69) is 6.58 Å². The number of nitro benzene ring substituents is 1. The lowest BCUT2D eigenvalue weighted by molar-refractivity contribution is -0.384. The molecule has 0 aliphatic heterocycles. The molecule has 0 aliphatic carbocycles. The summed E-state index contributed by atoms with van der Waals surface area (Å²) >= 11 is 0. The van der Waals surface area contributed by atoms with E-state index < -0.39 is 10.9 Å². The third kappa shape index (κ3) is 3.30. The van der Waals surface area contributed by atoms with Gasteiger partial charge in [-0.2, -0.15) is 0 Å². The van der Waals surface area contributed by atoms with Crippen LogP contribution in [-0.2, 0) is 0 Å². The van der Waals surface area contributed by atoms with E-state index in [1.807, 2.05) is 0 Å². The van der Waals surface area contributed by atoms with Gasteiger partial charge >= 0.3 is 5.97 Å². The van der Waals surface area contributed by atoms with Gasteiger partial charge in [0.15, 0.2) is 0 Å². The van der Waals surface area contributed by atoms with Gasteiger partial charge in [-0.25, -0.2) is 4.79 Å². The van der Waals surface area contributed by atoms with E-state index in [1.54, 1.807) is 6.08 Å². The van der Waals surface area contributed by atoms with Gasteiger partial charge in [0.25, 0.3) is 5.69 Å². The predicted octanol–water partition coefficient (Wildman–Crippen LogP) is 2.25. The highest BCUT2D eigenvalue weighted by atomic mass is 16.6. The van der Waals surface area contributed by atoms with Crippen molar-refractivity contribution in [1.82, 2.24) is 0 Å². The smallest absolute Gasteiger partial charge is 0.339 e. The molecular formula is C11H11NO5. The third-order valence-electron chi connectivity index (χ3n) is 1.99. The normalized spacial score (nSPS) is 9.65. The molecule has 0 aliphatic rings. The highest BCUT2D eigenvalue weighted by Gasteiger charge is 2.16. The predicted molar refractivity (Wildman–Crippen MR) is 60.4 cm³/mol. The Balaban J connectivity index is 3.02. The summed E-state index contributed by atoms with van der Waals surface area (Å²) in [7, 11) is 0. The molecule has 0 saturated heterocycles. The molecule has 6 nitrogen and oxygen atoms in total. The summed E-state index contributed by atoms with van der Waals surface area (Å²) in [4.78, 5) is 20.8. The first-order valence-corrected chi connectivity index (χ1v) is 4.81. The van der Waals surface area contributed by atoms with Crippen molar-refractivity contribution < 1.29 is 19.6 Å². The zero-order valence-electron chi connectivity index (χ0n) is 8.96. The minimum Gasteiger partial charge on any atom is -0.492 e. The number of carboxylic acids is 1.